The van der Waals surface area contributed by atoms with Gasteiger partial charge in [0.05, 0.1) is 5.92 Å². The van der Waals surface area contributed by atoms with Gasteiger partial charge in [0.25, 0.3) is 0 Å². The van der Waals surface area contributed by atoms with Crippen LogP contribution in [0.5, 0.6) is 11.5 Å². The van der Waals surface area contributed by atoms with E-state index in [0.717, 1.165) is 11.1 Å². The molecule has 3 rings (SSSR count). The van der Waals surface area contributed by atoms with Crippen molar-refractivity contribution in [2.45, 2.75) is 12.3 Å². The number of phenolic OH excluding ortho intramolecular Hbond substituents is 2. The van der Waals surface area contributed by atoms with E-state index in [1.165, 1.54) is 12.1 Å². The molecule has 0 heterocycles. The van der Waals surface area contributed by atoms with Crippen LogP contribution in [0.2, 0.25) is 0 Å². The number of ketones is 1. The highest BCUT2D eigenvalue weighted by molar-refractivity contribution is 6.01. The summed E-state index contributed by atoms with van der Waals surface area (Å²) in [4.78, 5) is 13.0. The Bertz CT molecular complexity index is 823. The van der Waals surface area contributed by atoms with E-state index >= 15 is 0 Å². The highest BCUT2D eigenvalue weighted by atomic mass is 16.3. The molecule has 0 saturated carbocycles. The van der Waals surface area contributed by atoms with E-state index in [1.54, 1.807) is 30.3 Å². The van der Waals surface area contributed by atoms with E-state index in [2.05, 4.69) is 0 Å². The first kappa shape index (κ1) is 15.8. The Kier molecular flexibility index (Phi) is 4.62. The predicted octanol–water partition coefficient (Wildman–Crippen LogP) is 4.31. The van der Waals surface area contributed by atoms with Crippen LogP contribution in [0.15, 0.2) is 78.9 Å². The highest BCUT2D eigenvalue weighted by Crippen LogP contribution is 2.27. The fourth-order valence-electron chi connectivity index (χ4n) is 2.79. The Labute approximate surface area is 140 Å². The van der Waals surface area contributed by atoms with Crippen molar-refractivity contribution in [2.75, 3.05) is 0 Å². The molecule has 1 unspecified atom stereocenters. The molecule has 0 saturated heterocycles. The van der Waals surface area contributed by atoms with E-state index in [-0.39, 0.29) is 23.2 Å². The van der Waals surface area contributed by atoms with Gasteiger partial charge in [-0.1, -0.05) is 42.5 Å². The van der Waals surface area contributed by atoms with Crippen LogP contribution in [-0.2, 0) is 6.42 Å². The zero-order valence-corrected chi connectivity index (χ0v) is 13.1. The van der Waals surface area contributed by atoms with E-state index in [1.807, 2.05) is 36.4 Å². The topological polar surface area (TPSA) is 57.5 Å². The van der Waals surface area contributed by atoms with Gasteiger partial charge < -0.3 is 10.2 Å². The lowest BCUT2D eigenvalue weighted by Gasteiger charge is -2.17. The van der Waals surface area contributed by atoms with E-state index < -0.39 is 0 Å². The van der Waals surface area contributed by atoms with E-state index in [0.29, 0.717) is 12.0 Å². The summed E-state index contributed by atoms with van der Waals surface area (Å²) in [6, 6.07) is 22.9. The molecule has 0 bridgehead atoms. The number of phenols is 2. The molecular weight excluding hydrogens is 300 g/mol. The highest BCUT2D eigenvalue weighted by Gasteiger charge is 2.22. The minimum Gasteiger partial charge on any atom is -0.508 e. The summed E-state index contributed by atoms with van der Waals surface area (Å²) < 4.78 is 0. The van der Waals surface area contributed by atoms with E-state index in [9.17, 15) is 15.0 Å². The molecule has 24 heavy (non-hydrogen) atoms. The van der Waals surface area contributed by atoms with Crippen molar-refractivity contribution < 1.29 is 15.0 Å². The number of Topliss-reactive ketones (excluding diaryl/α,β-unsaturated/α-hetero) is 1. The standard InChI is InChI=1S/C21H18O3/c22-18-11-9-17(10-12-18)21(24)20(16-6-2-1-3-7-16)14-15-5-4-8-19(23)13-15/h1-13,20,22-23H,14H2. The predicted molar refractivity (Wildman–Crippen MR) is 93.4 cm³/mol. The first-order chi connectivity index (χ1) is 11.6. The monoisotopic (exact) mass is 318 g/mol. The third kappa shape index (κ3) is 3.63. The number of carbonyl (C=O) groups is 1. The number of benzene rings is 3. The second kappa shape index (κ2) is 7.01. The molecule has 0 aliphatic rings. The van der Waals surface area contributed by atoms with Gasteiger partial charge in [-0.2, -0.15) is 0 Å². The summed E-state index contributed by atoms with van der Waals surface area (Å²) in [6.07, 6.45) is 0.498. The molecule has 0 radical (unpaired) electrons. The third-order valence-corrected chi connectivity index (χ3v) is 4.02. The molecule has 120 valence electrons. The maximum Gasteiger partial charge on any atom is 0.170 e. The van der Waals surface area contributed by atoms with Crippen LogP contribution in [-0.4, -0.2) is 16.0 Å². The first-order valence-electron chi connectivity index (χ1n) is 7.79. The van der Waals surface area contributed by atoms with Crippen LogP contribution >= 0.6 is 0 Å². The van der Waals surface area contributed by atoms with Gasteiger partial charge in [0.15, 0.2) is 5.78 Å². The second-order valence-corrected chi connectivity index (χ2v) is 5.75. The smallest absolute Gasteiger partial charge is 0.170 e. The Hall–Kier alpha value is -3.07. The number of hydrogen-bond acceptors (Lipinski definition) is 3. The fourth-order valence-corrected chi connectivity index (χ4v) is 2.79. The largest absolute Gasteiger partial charge is 0.508 e. The minimum absolute atomic E-state index is 0.00968. The van der Waals surface area contributed by atoms with Crippen molar-refractivity contribution in [3.63, 3.8) is 0 Å². The zero-order chi connectivity index (χ0) is 16.9. The molecule has 0 aromatic heterocycles. The molecule has 0 spiro atoms. The Morgan fingerprint density at radius 3 is 2.17 bits per heavy atom. The molecule has 3 aromatic rings. The van der Waals surface area contributed by atoms with Crippen LogP contribution in [0.3, 0.4) is 0 Å². The van der Waals surface area contributed by atoms with Gasteiger partial charge in [-0.3, -0.25) is 4.79 Å². The molecule has 0 aliphatic heterocycles. The summed E-state index contributed by atoms with van der Waals surface area (Å²) in [5, 5.41) is 19.1. The maximum atomic E-state index is 13.0. The summed E-state index contributed by atoms with van der Waals surface area (Å²) in [7, 11) is 0. The van der Waals surface area contributed by atoms with Crippen LogP contribution in [0.4, 0.5) is 0 Å². The quantitative estimate of drug-likeness (QED) is 0.689. The molecule has 0 fully saturated rings. The molecular formula is C21H18O3. The molecule has 3 heteroatoms. The van der Waals surface area contributed by atoms with Gasteiger partial charge >= 0.3 is 0 Å². The average Bonchev–Trinajstić information content (AvgIpc) is 2.61. The Balaban J connectivity index is 1.96. The van der Waals surface area contributed by atoms with Gasteiger partial charge in [0, 0.05) is 5.56 Å². The lowest BCUT2D eigenvalue weighted by atomic mass is 9.85. The van der Waals surface area contributed by atoms with Crippen molar-refractivity contribution in [2.24, 2.45) is 0 Å². The van der Waals surface area contributed by atoms with Crippen molar-refractivity contribution in [1.29, 1.82) is 0 Å². The van der Waals surface area contributed by atoms with Crippen molar-refractivity contribution in [3.05, 3.63) is 95.6 Å². The molecule has 3 nitrogen and oxygen atoms in total. The fraction of sp³-hybridized carbons (Fsp3) is 0.0952. The SMILES string of the molecule is O=C(c1ccc(O)cc1)C(Cc1cccc(O)c1)c1ccccc1. The normalized spacial score (nSPS) is 11.8. The molecule has 1 atom stereocenters. The van der Waals surface area contributed by atoms with Gasteiger partial charge in [-0.15, -0.1) is 0 Å². The summed E-state index contributed by atoms with van der Waals surface area (Å²) in [6.45, 7) is 0. The third-order valence-electron chi connectivity index (χ3n) is 4.02. The number of rotatable bonds is 5. The summed E-state index contributed by atoms with van der Waals surface area (Å²) in [5.41, 5.74) is 2.39. The lowest BCUT2D eigenvalue weighted by Crippen LogP contribution is -2.15. The summed E-state index contributed by atoms with van der Waals surface area (Å²) >= 11 is 0. The number of aromatic hydroxyl groups is 2. The molecule has 0 aliphatic carbocycles. The molecule has 3 aromatic carbocycles. The van der Waals surface area contributed by atoms with Crippen LogP contribution in [0, 0.1) is 0 Å². The van der Waals surface area contributed by atoms with Gasteiger partial charge in [0.1, 0.15) is 11.5 Å². The van der Waals surface area contributed by atoms with Crippen molar-refractivity contribution in [1.82, 2.24) is 0 Å². The van der Waals surface area contributed by atoms with Crippen LogP contribution in [0.25, 0.3) is 0 Å². The molecule has 0 amide bonds. The first-order valence-corrected chi connectivity index (χ1v) is 7.79. The maximum absolute atomic E-state index is 13.0. The van der Waals surface area contributed by atoms with Crippen LogP contribution in [0.1, 0.15) is 27.4 Å². The average molecular weight is 318 g/mol. The van der Waals surface area contributed by atoms with Gasteiger partial charge in [-0.05, 0) is 53.9 Å². The zero-order valence-electron chi connectivity index (χ0n) is 13.1. The molecule has 2 N–H and O–H groups in total. The van der Waals surface area contributed by atoms with Gasteiger partial charge in [0.2, 0.25) is 0 Å². The van der Waals surface area contributed by atoms with Crippen molar-refractivity contribution >= 4 is 5.78 Å². The number of carbonyl (C=O) groups excluding carboxylic acids is 1. The van der Waals surface area contributed by atoms with Crippen molar-refractivity contribution in [3.8, 4) is 11.5 Å². The van der Waals surface area contributed by atoms with Crippen LogP contribution < -0.4 is 0 Å². The summed E-state index contributed by atoms with van der Waals surface area (Å²) in [5.74, 6) is -0.0331. The van der Waals surface area contributed by atoms with Gasteiger partial charge in [-0.25, -0.2) is 0 Å². The minimum atomic E-state index is -0.349. The van der Waals surface area contributed by atoms with E-state index in [4.69, 9.17) is 0 Å². The Morgan fingerprint density at radius 1 is 0.792 bits per heavy atom. The number of hydrogen-bond donors (Lipinski definition) is 2. The lowest BCUT2D eigenvalue weighted by molar-refractivity contribution is 0.0959. The Morgan fingerprint density at radius 2 is 1.50 bits per heavy atom. The second-order valence-electron chi connectivity index (χ2n) is 5.75.